The number of ether oxygens (including phenoxy) is 4. The third kappa shape index (κ3) is 4.27. The van der Waals surface area contributed by atoms with Crippen molar-refractivity contribution in [3.8, 4) is 22.6 Å². The van der Waals surface area contributed by atoms with Gasteiger partial charge in [-0.2, -0.15) is 5.10 Å². The molecule has 0 atom stereocenters. The van der Waals surface area contributed by atoms with Gasteiger partial charge in [0.2, 0.25) is 0 Å². The van der Waals surface area contributed by atoms with Crippen LogP contribution in [0.1, 0.15) is 35.7 Å². The smallest absolute Gasteiger partial charge is 0.360 e. The lowest BCUT2D eigenvalue weighted by atomic mass is 10.1. The summed E-state index contributed by atoms with van der Waals surface area (Å²) < 4.78 is 22.3. The summed E-state index contributed by atoms with van der Waals surface area (Å²) in [4.78, 5) is 24.6. The Hall–Kier alpha value is -3.69. The maximum absolute atomic E-state index is 12.4. The van der Waals surface area contributed by atoms with Gasteiger partial charge in [-0.15, -0.1) is 10.2 Å². The minimum absolute atomic E-state index is 0.0798. The first kappa shape index (κ1) is 22.0. The van der Waals surface area contributed by atoms with Crippen LogP contribution in [0.2, 0.25) is 0 Å². The van der Waals surface area contributed by atoms with Crippen molar-refractivity contribution in [2.45, 2.75) is 27.2 Å². The van der Waals surface area contributed by atoms with E-state index in [1.165, 1.54) is 4.52 Å². The van der Waals surface area contributed by atoms with E-state index in [-0.39, 0.29) is 31.0 Å². The van der Waals surface area contributed by atoms with Crippen molar-refractivity contribution < 1.29 is 28.5 Å². The lowest BCUT2D eigenvalue weighted by Crippen LogP contribution is -2.20. The fraction of sp³-hybridized carbons (Fsp3) is 0.381. The molecule has 3 aromatic rings. The number of fused-ring (bicyclic) bond motifs is 1. The summed E-state index contributed by atoms with van der Waals surface area (Å²) >= 11 is 0. The number of aryl methyl sites for hydroxylation is 1. The Morgan fingerprint density at radius 3 is 2.35 bits per heavy atom. The first-order chi connectivity index (χ1) is 14.9. The molecule has 0 amide bonds. The van der Waals surface area contributed by atoms with Gasteiger partial charge in [-0.3, -0.25) is 4.79 Å². The van der Waals surface area contributed by atoms with Gasteiger partial charge in [-0.25, -0.2) is 9.31 Å². The topological polar surface area (TPSA) is 114 Å². The van der Waals surface area contributed by atoms with Crippen molar-refractivity contribution in [2.75, 3.05) is 27.4 Å². The van der Waals surface area contributed by atoms with E-state index in [9.17, 15) is 9.59 Å². The van der Waals surface area contributed by atoms with Gasteiger partial charge >= 0.3 is 11.9 Å². The zero-order valence-corrected chi connectivity index (χ0v) is 18.1. The summed E-state index contributed by atoms with van der Waals surface area (Å²) in [5.74, 6) is -0.0687. The van der Waals surface area contributed by atoms with Crippen molar-refractivity contribution in [3.63, 3.8) is 0 Å². The lowest BCUT2D eigenvalue weighted by molar-refractivity contribution is -0.142. The highest BCUT2D eigenvalue weighted by Gasteiger charge is 2.25. The highest BCUT2D eigenvalue weighted by Crippen LogP contribution is 2.35. The van der Waals surface area contributed by atoms with Crippen LogP contribution in [0.5, 0.6) is 11.5 Å². The quantitative estimate of drug-likeness (QED) is 0.499. The van der Waals surface area contributed by atoms with Gasteiger partial charge in [0.1, 0.15) is 0 Å². The number of methoxy groups -OCH3 is 2. The average Bonchev–Trinajstić information content (AvgIpc) is 3.10. The number of esters is 2. The molecule has 31 heavy (non-hydrogen) atoms. The Labute approximate surface area is 179 Å². The number of rotatable bonds is 8. The number of hydrogen-bond acceptors (Lipinski definition) is 9. The van der Waals surface area contributed by atoms with Crippen LogP contribution in [-0.4, -0.2) is 59.2 Å². The first-order valence-corrected chi connectivity index (χ1v) is 9.75. The normalized spacial score (nSPS) is 10.7. The summed E-state index contributed by atoms with van der Waals surface area (Å²) in [6, 6.07) is 5.42. The molecule has 164 valence electrons. The molecule has 0 unspecified atom stereocenters. The van der Waals surface area contributed by atoms with E-state index in [2.05, 4.69) is 15.3 Å². The van der Waals surface area contributed by atoms with Crippen molar-refractivity contribution >= 4 is 17.6 Å². The monoisotopic (exact) mass is 428 g/mol. The van der Waals surface area contributed by atoms with Crippen LogP contribution in [0.3, 0.4) is 0 Å². The Morgan fingerprint density at radius 2 is 1.71 bits per heavy atom. The van der Waals surface area contributed by atoms with Gasteiger partial charge in [0.05, 0.1) is 50.8 Å². The molecule has 0 N–H and O–H groups in total. The fourth-order valence-electron chi connectivity index (χ4n) is 3.25. The maximum Gasteiger partial charge on any atom is 0.360 e. The molecule has 10 heteroatoms. The predicted molar refractivity (Wildman–Crippen MR) is 110 cm³/mol. The Kier molecular flexibility index (Phi) is 6.68. The molecule has 1 aromatic carbocycles. The molecule has 0 bridgehead atoms. The van der Waals surface area contributed by atoms with Crippen molar-refractivity contribution in [1.29, 1.82) is 0 Å². The molecule has 0 aliphatic heterocycles. The molecule has 3 rings (SSSR count). The molecule has 0 fully saturated rings. The molecule has 2 heterocycles. The molecule has 0 aliphatic carbocycles. The fourth-order valence-corrected chi connectivity index (χ4v) is 3.25. The van der Waals surface area contributed by atoms with Gasteiger partial charge in [0.15, 0.2) is 22.8 Å². The third-order valence-corrected chi connectivity index (χ3v) is 4.57. The standard InChI is InChI=1S/C21H24N4O6/c1-6-30-17(26)11-14-19(21(27)31-7-2)22-23-20-18(12(3)24-25(14)20)13-8-9-15(28-4)16(10-13)29-5/h8-10H,6-7,11H2,1-5H3. The van der Waals surface area contributed by atoms with E-state index in [1.54, 1.807) is 47.1 Å². The summed E-state index contributed by atoms with van der Waals surface area (Å²) in [7, 11) is 3.11. The second-order valence-electron chi connectivity index (χ2n) is 6.46. The third-order valence-electron chi connectivity index (χ3n) is 4.57. The van der Waals surface area contributed by atoms with E-state index in [1.807, 2.05) is 6.07 Å². The van der Waals surface area contributed by atoms with Gasteiger partial charge in [-0.05, 0) is 38.5 Å². The second kappa shape index (κ2) is 9.41. The minimum atomic E-state index is -0.683. The number of nitrogens with zero attached hydrogens (tertiary/aromatic N) is 4. The SMILES string of the molecule is CCOC(=O)Cc1c(C(=O)OCC)nnc2c(-c3ccc(OC)c(OC)c3)c(C)nn12. The molecule has 0 aliphatic rings. The van der Waals surface area contributed by atoms with Crippen LogP contribution in [0.25, 0.3) is 16.8 Å². The van der Waals surface area contributed by atoms with Crippen molar-refractivity contribution in [2.24, 2.45) is 0 Å². The molecule has 0 saturated carbocycles. The van der Waals surface area contributed by atoms with Gasteiger partial charge in [0.25, 0.3) is 0 Å². The zero-order valence-electron chi connectivity index (χ0n) is 18.1. The average molecular weight is 428 g/mol. The molecular weight excluding hydrogens is 404 g/mol. The summed E-state index contributed by atoms with van der Waals surface area (Å²) in [6.45, 7) is 5.56. The summed E-state index contributed by atoms with van der Waals surface area (Å²) in [5, 5.41) is 12.8. The van der Waals surface area contributed by atoms with E-state index < -0.39 is 11.9 Å². The molecule has 0 radical (unpaired) electrons. The van der Waals surface area contributed by atoms with E-state index >= 15 is 0 Å². The molecule has 10 nitrogen and oxygen atoms in total. The van der Waals surface area contributed by atoms with Crippen molar-refractivity contribution in [3.05, 3.63) is 35.3 Å². The Morgan fingerprint density at radius 1 is 1.00 bits per heavy atom. The summed E-state index contributed by atoms with van der Waals surface area (Å²) in [5.41, 5.74) is 2.64. The van der Waals surface area contributed by atoms with E-state index in [0.717, 1.165) is 5.56 Å². The van der Waals surface area contributed by atoms with Crippen LogP contribution in [0.15, 0.2) is 18.2 Å². The highest BCUT2D eigenvalue weighted by molar-refractivity contribution is 5.91. The first-order valence-electron chi connectivity index (χ1n) is 9.75. The number of carbonyl (C=O) groups is 2. The van der Waals surface area contributed by atoms with Crippen LogP contribution in [0.4, 0.5) is 0 Å². The van der Waals surface area contributed by atoms with E-state index in [4.69, 9.17) is 18.9 Å². The van der Waals surface area contributed by atoms with Crippen molar-refractivity contribution in [1.82, 2.24) is 19.8 Å². The molecule has 0 spiro atoms. The predicted octanol–water partition coefficient (Wildman–Crippen LogP) is 2.40. The number of hydrogen-bond donors (Lipinski definition) is 0. The number of benzene rings is 1. The van der Waals surface area contributed by atoms with Crippen LogP contribution < -0.4 is 9.47 Å². The maximum atomic E-state index is 12.4. The van der Waals surface area contributed by atoms with Crippen LogP contribution >= 0.6 is 0 Å². The number of carbonyl (C=O) groups excluding carboxylic acids is 2. The molecule has 2 aromatic heterocycles. The van der Waals surface area contributed by atoms with Gasteiger partial charge in [-0.1, -0.05) is 6.07 Å². The largest absolute Gasteiger partial charge is 0.493 e. The van der Waals surface area contributed by atoms with E-state index in [0.29, 0.717) is 28.4 Å². The zero-order chi connectivity index (χ0) is 22.5. The van der Waals surface area contributed by atoms with Gasteiger partial charge < -0.3 is 18.9 Å². The Bertz CT molecular complexity index is 1120. The Balaban J connectivity index is 2.21. The minimum Gasteiger partial charge on any atom is -0.493 e. The molecule has 0 saturated heterocycles. The highest BCUT2D eigenvalue weighted by atomic mass is 16.5. The van der Waals surface area contributed by atoms with Crippen LogP contribution in [-0.2, 0) is 20.7 Å². The number of aromatic nitrogens is 4. The second-order valence-corrected chi connectivity index (χ2v) is 6.46. The van der Waals surface area contributed by atoms with Crippen LogP contribution in [0, 0.1) is 6.92 Å². The lowest BCUT2D eigenvalue weighted by Gasteiger charge is -2.10. The molecular formula is C21H24N4O6. The van der Waals surface area contributed by atoms with Gasteiger partial charge in [0, 0.05) is 0 Å². The summed E-state index contributed by atoms with van der Waals surface area (Å²) in [6.07, 6.45) is -0.208.